The highest BCUT2D eigenvalue weighted by molar-refractivity contribution is 6.23. The van der Waals surface area contributed by atoms with Gasteiger partial charge in [-0.1, -0.05) is 25.5 Å². The van der Waals surface area contributed by atoms with E-state index in [9.17, 15) is 4.79 Å². The molecule has 2 aliphatic heterocycles. The van der Waals surface area contributed by atoms with Crippen LogP contribution in [-0.2, 0) is 9.47 Å². The van der Waals surface area contributed by atoms with Crippen LogP contribution in [0.3, 0.4) is 0 Å². The van der Waals surface area contributed by atoms with Crippen molar-refractivity contribution in [3.63, 3.8) is 0 Å². The molecule has 200 valence electrons. The van der Waals surface area contributed by atoms with Crippen molar-refractivity contribution < 1.29 is 28.5 Å². The zero-order valence-electron chi connectivity index (χ0n) is 21.8. The van der Waals surface area contributed by atoms with Crippen LogP contribution in [0.5, 0.6) is 17.2 Å². The fourth-order valence-corrected chi connectivity index (χ4v) is 5.02. The van der Waals surface area contributed by atoms with E-state index < -0.39 is 0 Å². The van der Waals surface area contributed by atoms with E-state index in [4.69, 9.17) is 23.7 Å². The van der Waals surface area contributed by atoms with Crippen LogP contribution in [0.15, 0.2) is 30.3 Å². The van der Waals surface area contributed by atoms with Gasteiger partial charge in [-0.05, 0) is 18.6 Å². The Labute approximate surface area is 219 Å². The second-order valence-electron chi connectivity index (χ2n) is 9.66. The molecule has 37 heavy (non-hydrogen) atoms. The third-order valence-electron chi connectivity index (χ3n) is 7.15. The number of rotatable bonds is 12. The van der Waals surface area contributed by atoms with Gasteiger partial charge in [0.05, 0.1) is 33.0 Å². The number of morpholine rings is 2. The summed E-state index contributed by atoms with van der Waals surface area (Å²) in [6.45, 7) is 12.2. The van der Waals surface area contributed by atoms with E-state index in [1.807, 2.05) is 30.3 Å². The molecule has 2 aromatic carbocycles. The first-order chi connectivity index (χ1) is 18.2. The van der Waals surface area contributed by atoms with Crippen LogP contribution in [0, 0.1) is 0 Å². The summed E-state index contributed by atoms with van der Waals surface area (Å²) < 4.78 is 29.5. The average molecular weight is 511 g/mol. The maximum atomic E-state index is 13.5. The van der Waals surface area contributed by atoms with Gasteiger partial charge in [-0.2, -0.15) is 0 Å². The molecule has 0 N–H and O–H groups in total. The van der Waals surface area contributed by atoms with Crippen molar-refractivity contribution in [2.24, 2.45) is 0 Å². The molecule has 3 aliphatic rings. The Morgan fingerprint density at radius 3 is 2.05 bits per heavy atom. The van der Waals surface area contributed by atoms with Crippen LogP contribution in [0.1, 0.15) is 35.7 Å². The first-order valence-electron chi connectivity index (χ1n) is 13.6. The highest BCUT2D eigenvalue weighted by Crippen LogP contribution is 2.49. The van der Waals surface area contributed by atoms with E-state index >= 15 is 0 Å². The standard InChI is InChI=1S/C29H38N2O6/c1-2-3-13-36-26-21-22(35-18-11-30-7-14-33-15-8-30)20-24-28(26)27-23(29(24)32)5-4-6-25(27)37-19-12-31-9-16-34-17-10-31/h4-6,20-21H,2-3,7-19H2,1H3. The molecule has 8 nitrogen and oxygen atoms in total. The molecule has 2 fully saturated rings. The number of hydrogen-bond acceptors (Lipinski definition) is 8. The van der Waals surface area contributed by atoms with Crippen molar-refractivity contribution in [3.05, 3.63) is 41.5 Å². The molecule has 0 aromatic heterocycles. The molecule has 0 spiro atoms. The SMILES string of the molecule is CCCCOc1cc(OCCN2CCOCC2)cc2c1-c1c(OCCN3CCOCC3)cccc1C2=O. The van der Waals surface area contributed by atoms with E-state index in [-0.39, 0.29) is 5.78 Å². The average Bonchev–Trinajstić information content (AvgIpc) is 3.23. The first kappa shape index (κ1) is 26.0. The molecule has 0 atom stereocenters. The number of ether oxygens (including phenoxy) is 5. The van der Waals surface area contributed by atoms with Crippen molar-refractivity contribution in [2.75, 3.05) is 85.5 Å². The van der Waals surface area contributed by atoms with E-state index in [0.717, 1.165) is 95.4 Å². The monoisotopic (exact) mass is 510 g/mol. The summed E-state index contributed by atoms with van der Waals surface area (Å²) in [5.74, 6) is 2.06. The van der Waals surface area contributed by atoms with Crippen molar-refractivity contribution in [1.82, 2.24) is 9.80 Å². The predicted molar refractivity (Wildman–Crippen MR) is 141 cm³/mol. The summed E-state index contributed by atoms with van der Waals surface area (Å²) in [5.41, 5.74) is 2.92. The van der Waals surface area contributed by atoms with Gasteiger partial charge in [0.25, 0.3) is 0 Å². The number of hydrogen-bond donors (Lipinski definition) is 0. The predicted octanol–water partition coefficient (Wildman–Crippen LogP) is 3.50. The van der Waals surface area contributed by atoms with Gasteiger partial charge in [0.15, 0.2) is 5.78 Å². The smallest absolute Gasteiger partial charge is 0.194 e. The van der Waals surface area contributed by atoms with Crippen LogP contribution >= 0.6 is 0 Å². The van der Waals surface area contributed by atoms with Crippen molar-refractivity contribution >= 4 is 5.78 Å². The van der Waals surface area contributed by atoms with Gasteiger partial charge in [-0.3, -0.25) is 14.6 Å². The molecule has 8 heteroatoms. The molecule has 1 aliphatic carbocycles. The minimum Gasteiger partial charge on any atom is -0.493 e. The Hall–Kier alpha value is -2.65. The Morgan fingerprint density at radius 2 is 1.38 bits per heavy atom. The number of ketones is 1. The van der Waals surface area contributed by atoms with E-state index in [2.05, 4.69) is 16.7 Å². The number of fused-ring (bicyclic) bond motifs is 3. The summed E-state index contributed by atoms with van der Waals surface area (Å²) in [7, 11) is 0. The third-order valence-corrected chi connectivity index (χ3v) is 7.15. The number of unbranched alkanes of at least 4 members (excludes halogenated alkanes) is 1. The third kappa shape index (κ3) is 6.26. The quantitative estimate of drug-likeness (QED) is 0.343. The van der Waals surface area contributed by atoms with Gasteiger partial charge in [0.2, 0.25) is 0 Å². The largest absolute Gasteiger partial charge is 0.493 e. The fourth-order valence-electron chi connectivity index (χ4n) is 5.02. The molecular formula is C29H38N2O6. The molecule has 0 amide bonds. The summed E-state index contributed by atoms with van der Waals surface area (Å²) in [6.07, 6.45) is 1.97. The van der Waals surface area contributed by atoms with Gasteiger partial charge >= 0.3 is 0 Å². The maximum absolute atomic E-state index is 13.5. The van der Waals surface area contributed by atoms with E-state index in [1.54, 1.807) is 0 Å². The Balaban J connectivity index is 1.35. The molecule has 2 aromatic rings. The van der Waals surface area contributed by atoms with Crippen molar-refractivity contribution in [1.29, 1.82) is 0 Å². The molecule has 0 bridgehead atoms. The zero-order chi connectivity index (χ0) is 25.5. The second kappa shape index (κ2) is 12.7. The molecule has 0 radical (unpaired) electrons. The van der Waals surface area contributed by atoms with Gasteiger partial charge in [-0.15, -0.1) is 0 Å². The minimum atomic E-state index is -0.0115. The number of nitrogens with zero attached hydrogens (tertiary/aromatic N) is 2. The number of carbonyl (C=O) groups excluding carboxylic acids is 1. The normalized spacial score (nSPS) is 17.9. The lowest BCUT2D eigenvalue weighted by molar-refractivity contribution is 0.0321. The van der Waals surface area contributed by atoms with Crippen LogP contribution in [0.25, 0.3) is 11.1 Å². The highest BCUT2D eigenvalue weighted by Gasteiger charge is 2.33. The lowest BCUT2D eigenvalue weighted by atomic mass is 10.0. The lowest BCUT2D eigenvalue weighted by Crippen LogP contribution is -2.38. The number of benzene rings is 2. The molecule has 0 unspecified atom stereocenters. The number of carbonyl (C=O) groups is 1. The summed E-state index contributed by atoms with van der Waals surface area (Å²) in [4.78, 5) is 18.2. The molecule has 0 saturated carbocycles. The minimum absolute atomic E-state index is 0.0115. The fraction of sp³-hybridized carbons (Fsp3) is 0.552. The van der Waals surface area contributed by atoms with Crippen molar-refractivity contribution in [2.45, 2.75) is 19.8 Å². The lowest BCUT2D eigenvalue weighted by Gasteiger charge is -2.26. The van der Waals surface area contributed by atoms with Crippen LogP contribution in [0.4, 0.5) is 0 Å². The summed E-state index contributed by atoms with van der Waals surface area (Å²) >= 11 is 0. The maximum Gasteiger partial charge on any atom is 0.194 e. The van der Waals surface area contributed by atoms with Gasteiger partial charge in [-0.25, -0.2) is 0 Å². The zero-order valence-corrected chi connectivity index (χ0v) is 21.8. The Morgan fingerprint density at radius 1 is 0.757 bits per heavy atom. The molecule has 5 rings (SSSR count). The first-order valence-corrected chi connectivity index (χ1v) is 13.6. The van der Waals surface area contributed by atoms with Crippen molar-refractivity contribution in [3.8, 4) is 28.4 Å². The molecule has 2 heterocycles. The topological polar surface area (TPSA) is 69.7 Å². The highest BCUT2D eigenvalue weighted by atomic mass is 16.5. The van der Waals surface area contributed by atoms with Gasteiger partial charge in [0.1, 0.15) is 30.5 Å². The Kier molecular flexibility index (Phi) is 8.94. The molecular weight excluding hydrogens is 472 g/mol. The van der Waals surface area contributed by atoms with Crippen LogP contribution in [0.2, 0.25) is 0 Å². The summed E-state index contributed by atoms with van der Waals surface area (Å²) in [5, 5.41) is 0. The molecule has 2 saturated heterocycles. The van der Waals surface area contributed by atoms with Gasteiger partial charge in [0, 0.05) is 67.6 Å². The van der Waals surface area contributed by atoms with E-state index in [0.29, 0.717) is 42.4 Å². The summed E-state index contributed by atoms with van der Waals surface area (Å²) in [6, 6.07) is 9.51. The van der Waals surface area contributed by atoms with Crippen LogP contribution < -0.4 is 14.2 Å². The van der Waals surface area contributed by atoms with Crippen LogP contribution in [-0.4, -0.2) is 101 Å². The Bertz CT molecular complexity index is 1060. The second-order valence-corrected chi connectivity index (χ2v) is 9.66. The van der Waals surface area contributed by atoms with E-state index in [1.165, 1.54) is 0 Å². The van der Waals surface area contributed by atoms with Gasteiger partial charge < -0.3 is 23.7 Å².